The second kappa shape index (κ2) is 11.2. The molecule has 0 radical (unpaired) electrons. The zero-order valence-electron chi connectivity index (χ0n) is 24.6. The van der Waals surface area contributed by atoms with Crippen molar-refractivity contribution in [2.24, 2.45) is 0 Å². The lowest BCUT2D eigenvalue weighted by Gasteiger charge is -2.15. The van der Waals surface area contributed by atoms with E-state index < -0.39 is 0 Å². The maximum atomic E-state index is 5.15. The maximum Gasteiger partial charge on any atom is 0.164 e. The minimum atomic E-state index is 0.182. The fourth-order valence-electron chi connectivity index (χ4n) is 5.87. The van der Waals surface area contributed by atoms with Gasteiger partial charge in [0.15, 0.2) is 17.5 Å². The molecule has 0 saturated heterocycles. The van der Waals surface area contributed by atoms with E-state index in [2.05, 4.69) is 120 Å². The number of hydrogen-bond donors (Lipinski definition) is 1. The minimum Gasteiger partial charge on any atom is -0.385 e. The van der Waals surface area contributed by atoms with Crippen LogP contribution in [0.15, 0.2) is 140 Å². The third kappa shape index (κ3) is 5.12. The summed E-state index contributed by atoms with van der Waals surface area (Å²) in [5.41, 5.74) is 7.98. The Bertz CT molecular complexity index is 2240. The fraction of sp³-hybridized carbons (Fsp3) is 0.0513. The van der Waals surface area contributed by atoms with Crippen molar-refractivity contribution in [2.45, 2.75) is 13.0 Å². The molecule has 8 rings (SSSR count). The predicted molar refractivity (Wildman–Crippen MR) is 182 cm³/mol. The molecule has 0 unspecified atom stereocenters. The average molecular weight is 581 g/mol. The van der Waals surface area contributed by atoms with Crippen molar-refractivity contribution in [3.8, 4) is 45.2 Å². The van der Waals surface area contributed by atoms with Crippen molar-refractivity contribution in [3.63, 3.8) is 0 Å². The molecule has 0 aliphatic carbocycles. The highest BCUT2D eigenvalue weighted by Crippen LogP contribution is 2.37. The van der Waals surface area contributed by atoms with Crippen LogP contribution in [0.25, 0.3) is 72.4 Å². The van der Waals surface area contributed by atoms with Crippen LogP contribution in [-0.2, 0) is 0 Å². The van der Waals surface area contributed by atoms with Crippen LogP contribution in [-0.4, -0.2) is 31.0 Å². The Labute approximate surface area is 260 Å². The van der Waals surface area contributed by atoms with Gasteiger partial charge < -0.3 is 5.32 Å². The lowest BCUT2D eigenvalue weighted by molar-refractivity contribution is 0.762. The Morgan fingerprint density at radius 3 is 2.07 bits per heavy atom. The van der Waals surface area contributed by atoms with Gasteiger partial charge in [0, 0.05) is 46.1 Å². The molecule has 1 atom stereocenters. The van der Waals surface area contributed by atoms with Gasteiger partial charge in [0.05, 0.1) is 11.2 Å². The monoisotopic (exact) mass is 580 g/mol. The second-order valence-corrected chi connectivity index (χ2v) is 11.1. The number of rotatable bonds is 5. The van der Waals surface area contributed by atoms with Crippen molar-refractivity contribution < 1.29 is 0 Å². The lowest BCUT2D eigenvalue weighted by Crippen LogP contribution is -2.21. The summed E-state index contributed by atoms with van der Waals surface area (Å²) in [6.45, 7) is 2.10. The first-order chi connectivity index (χ1) is 22.2. The Hall–Kier alpha value is -6.01. The van der Waals surface area contributed by atoms with E-state index in [9.17, 15) is 0 Å². The van der Waals surface area contributed by atoms with E-state index in [0.29, 0.717) is 17.5 Å². The van der Waals surface area contributed by atoms with Gasteiger partial charge in [-0.05, 0) is 65.4 Å². The molecule has 0 fully saturated rings. The second-order valence-electron chi connectivity index (χ2n) is 11.1. The number of benzene rings is 4. The van der Waals surface area contributed by atoms with Crippen LogP contribution in [0.1, 0.15) is 12.7 Å². The molecule has 1 aliphatic heterocycles. The summed E-state index contributed by atoms with van der Waals surface area (Å²) in [6, 6.07) is 37.9. The van der Waals surface area contributed by atoms with Gasteiger partial charge >= 0.3 is 0 Å². The Balaban J connectivity index is 1.24. The highest BCUT2D eigenvalue weighted by molar-refractivity contribution is 6.13. The molecule has 45 heavy (non-hydrogen) atoms. The van der Waals surface area contributed by atoms with E-state index in [1.165, 1.54) is 10.8 Å². The molecular formula is C39H28N6. The molecule has 1 N–H and O–H groups in total. The molecule has 214 valence electrons. The van der Waals surface area contributed by atoms with Crippen LogP contribution < -0.4 is 5.32 Å². The molecule has 6 nitrogen and oxygen atoms in total. The van der Waals surface area contributed by atoms with Gasteiger partial charge in [-0.2, -0.15) is 0 Å². The smallest absolute Gasteiger partial charge is 0.164 e. The van der Waals surface area contributed by atoms with Gasteiger partial charge in [0.2, 0.25) is 0 Å². The van der Waals surface area contributed by atoms with Crippen LogP contribution in [0.5, 0.6) is 0 Å². The zero-order chi connectivity index (χ0) is 30.2. The summed E-state index contributed by atoms with van der Waals surface area (Å²) in [7, 11) is 0. The zero-order valence-corrected chi connectivity index (χ0v) is 24.6. The van der Waals surface area contributed by atoms with Gasteiger partial charge in [-0.25, -0.2) is 19.9 Å². The highest BCUT2D eigenvalue weighted by Gasteiger charge is 2.16. The number of nitrogens with zero attached hydrogens (tertiary/aromatic N) is 5. The molecule has 0 saturated carbocycles. The number of nitrogens with one attached hydrogen (secondary N) is 1. The summed E-state index contributed by atoms with van der Waals surface area (Å²) in [6.07, 6.45) is 9.56. The maximum absolute atomic E-state index is 5.15. The van der Waals surface area contributed by atoms with Crippen molar-refractivity contribution in [2.75, 3.05) is 0 Å². The average Bonchev–Trinajstić information content (AvgIpc) is 3.11. The van der Waals surface area contributed by atoms with Gasteiger partial charge in [0.1, 0.15) is 0 Å². The van der Waals surface area contributed by atoms with Crippen LogP contribution in [0.2, 0.25) is 0 Å². The van der Waals surface area contributed by atoms with Crippen molar-refractivity contribution in [3.05, 3.63) is 146 Å². The number of dihydropyridines is 1. The standard InChI is InChI=1S/C39H28N6/c1-25-23-31(19-22-41-25)39-44-37(43-38(45-39)30-17-20-40-21-18-30)29-13-11-28(12-14-29)35-24-33(26-7-3-2-4-8-26)36-32-10-6-5-9-27(32)15-16-34(36)42-35/h2-25,41H,1H3/t25-/m0/s1. The minimum absolute atomic E-state index is 0.182. The molecule has 4 heterocycles. The molecule has 3 aromatic heterocycles. The van der Waals surface area contributed by atoms with Gasteiger partial charge in [-0.3, -0.25) is 4.98 Å². The Kier molecular flexibility index (Phi) is 6.65. The fourth-order valence-corrected chi connectivity index (χ4v) is 5.87. The number of fused-ring (bicyclic) bond motifs is 3. The molecular weight excluding hydrogens is 552 g/mol. The third-order valence-corrected chi connectivity index (χ3v) is 8.11. The summed E-state index contributed by atoms with van der Waals surface area (Å²) >= 11 is 0. The normalized spacial score (nSPS) is 14.3. The molecule has 1 aliphatic rings. The first-order valence-electron chi connectivity index (χ1n) is 15.0. The molecule has 6 heteroatoms. The first-order valence-corrected chi connectivity index (χ1v) is 15.0. The van der Waals surface area contributed by atoms with E-state index in [4.69, 9.17) is 19.9 Å². The topological polar surface area (TPSA) is 76.5 Å². The summed E-state index contributed by atoms with van der Waals surface area (Å²) < 4.78 is 0. The number of allylic oxidation sites excluding steroid dienone is 2. The van der Waals surface area contributed by atoms with Gasteiger partial charge in [-0.1, -0.05) is 91.0 Å². The van der Waals surface area contributed by atoms with Crippen LogP contribution in [0.4, 0.5) is 0 Å². The molecule has 0 spiro atoms. The van der Waals surface area contributed by atoms with Crippen molar-refractivity contribution in [1.82, 2.24) is 30.2 Å². The summed E-state index contributed by atoms with van der Waals surface area (Å²) in [4.78, 5) is 23.9. The highest BCUT2D eigenvalue weighted by atomic mass is 15.0. The van der Waals surface area contributed by atoms with Crippen LogP contribution in [0.3, 0.4) is 0 Å². The van der Waals surface area contributed by atoms with E-state index in [1.54, 1.807) is 12.4 Å². The molecule has 4 aromatic carbocycles. The Morgan fingerprint density at radius 1 is 0.600 bits per heavy atom. The molecule has 0 amide bonds. The van der Waals surface area contributed by atoms with Gasteiger partial charge in [0.25, 0.3) is 0 Å². The SMILES string of the molecule is C[C@H]1C=C(c2nc(-c3ccncc3)nc(-c3ccc(-c4cc(-c5ccccc5)c5c(ccc6ccccc65)n4)cc3)n2)C=CN1. The van der Waals surface area contributed by atoms with Gasteiger partial charge in [-0.15, -0.1) is 0 Å². The quantitative estimate of drug-likeness (QED) is 0.206. The number of aromatic nitrogens is 5. The number of hydrogen-bond acceptors (Lipinski definition) is 6. The van der Waals surface area contributed by atoms with Crippen molar-refractivity contribution in [1.29, 1.82) is 0 Å². The van der Waals surface area contributed by atoms with E-state index >= 15 is 0 Å². The summed E-state index contributed by atoms with van der Waals surface area (Å²) in [5, 5.41) is 6.86. The van der Waals surface area contributed by atoms with E-state index in [1.807, 2.05) is 24.4 Å². The summed E-state index contributed by atoms with van der Waals surface area (Å²) in [5.74, 6) is 1.86. The molecule has 0 bridgehead atoms. The number of pyridine rings is 2. The van der Waals surface area contributed by atoms with Crippen molar-refractivity contribution >= 4 is 27.2 Å². The van der Waals surface area contributed by atoms with Crippen LogP contribution >= 0.6 is 0 Å². The van der Waals surface area contributed by atoms with E-state index in [0.717, 1.165) is 50.0 Å². The van der Waals surface area contributed by atoms with E-state index in [-0.39, 0.29) is 6.04 Å². The predicted octanol–water partition coefficient (Wildman–Crippen LogP) is 8.52. The lowest BCUT2D eigenvalue weighted by atomic mass is 9.94. The largest absolute Gasteiger partial charge is 0.385 e. The van der Waals surface area contributed by atoms with Crippen LogP contribution in [0, 0.1) is 0 Å². The Morgan fingerprint density at radius 2 is 1.29 bits per heavy atom. The molecule has 7 aromatic rings. The first kappa shape index (κ1) is 26.6. The third-order valence-electron chi connectivity index (χ3n) is 8.11.